The van der Waals surface area contributed by atoms with E-state index in [1.54, 1.807) is 36.0 Å². The lowest BCUT2D eigenvalue weighted by Gasteiger charge is -2.29. The quantitative estimate of drug-likeness (QED) is 0.294. The number of anilines is 1. The van der Waals surface area contributed by atoms with E-state index in [0.29, 0.717) is 34.5 Å². The van der Waals surface area contributed by atoms with Crippen LogP contribution in [-0.2, 0) is 4.79 Å². The van der Waals surface area contributed by atoms with Gasteiger partial charge in [0.15, 0.2) is 11.5 Å². The largest absolute Gasteiger partial charge is 0.490 e. The topological polar surface area (TPSA) is 142 Å². The van der Waals surface area contributed by atoms with Gasteiger partial charge in [-0.3, -0.25) is 14.8 Å². The van der Waals surface area contributed by atoms with Crippen molar-refractivity contribution in [1.82, 2.24) is 24.7 Å². The summed E-state index contributed by atoms with van der Waals surface area (Å²) in [5, 5.41) is 23.5. The third-order valence-corrected chi connectivity index (χ3v) is 5.88. The number of aryl methyl sites for hydroxylation is 1. The van der Waals surface area contributed by atoms with Crippen LogP contribution in [0.15, 0.2) is 43.0 Å². The summed E-state index contributed by atoms with van der Waals surface area (Å²) in [7, 11) is 0. The number of fused-ring (bicyclic) bond motifs is 2. The highest BCUT2D eigenvalue weighted by Crippen LogP contribution is 2.32. The first-order chi connectivity index (χ1) is 18.0. The van der Waals surface area contributed by atoms with Gasteiger partial charge in [0.2, 0.25) is 0 Å². The molecule has 14 heteroatoms. The van der Waals surface area contributed by atoms with Gasteiger partial charge in [0.1, 0.15) is 5.52 Å². The molecule has 4 aromatic rings. The molecule has 1 aliphatic rings. The van der Waals surface area contributed by atoms with Crippen molar-refractivity contribution in [2.75, 3.05) is 18.4 Å². The zero-order chi connectivity index (χ0) is 27.6. The number of β-amino-alcohol motifs (C(OH)–C–C–N with tert-alkyl or cyclic N) is 1. The van der Waals surface area contributed by atoms with Crippen molar-refractivity contribution in [2.24, 2.45) is 0 Å². The number of hydrogen-bond acceptors (Lipinski definition) is 7. The molecule has 1 fully saturated rings. The molecule has 5 rings (SSSR count). The van der Waals surface area contributed by atoms with Crippen LogP contribution in [0.5, 0.6) is 0 Å². The zero-order valence-electron chi connectivity index (χ0n) is 19.8. The Hall–Kier alpha value is -4.17. The predicted molar refractivity (Wildman–Crippen MR) is 127 cm³/mol. The van der Waals surface area contributed by atoms with Gasteiger partial charge in [0.05, 0.1) is 28.6 Å². The molecular weight excluding hydrogens is 512 g/mol. The summed E-state index contributed by atoms with van der Waals surface area (Å²) < 4.78 is 47.7. The first kappa shape index (κ1) is 26.9. The minimum Gasteiger partial charge on any atom is -0.475 e. The Labute approximate surface area is 212 Å². The van der Waals surface area contributed by atoms with Crippen LogP contribution in [0, 0.1) is 12.7 Å². The van der Waals surface area contributed by atoms with E-state index in [0.717, 1.165) is 18.5 Å². The Balaban J connectivity index is 0.000000426. The molecule has 1 aromatic carbocycles. The Morgan fingerprint density at radius 2 is 1.84 bits per heavy atom. The molecule has 0 spiro atoms. The first-order valence-electron chi connectivity index (χ1n) is 11.3. The number of alkyl halides is 3. The molecule has 3 aromatic heterocycles. The molecule has 0 unspecified atom stereocenters. The van der Waals surface area contributed by atoms with Crippen LogP contribution in [-0.4, -0.2) is 66.8 Å². The van der Waals surface area contributed by atoms with Crippen LogP contribution in [0.1, 0.15) is 34.0 Å². The Morgan fingerprint density at radius 1 is 1.16 bits per heavy atom. The lowest BCUT2D eigenvalue weighted by atomic mass is 9.86. The number of amides is 1. The van der Waals surface area contributed by atoms with E-state index in [9.17, 15) is 27.5 Å². The number of piperidine rings is 1. The molecule has 0 saturated carbocycles. The van der Waals surface area contributed by atoms with E-state index in [2.05, 4.69) is 25.6 Å². The third kappa shape index (κ3) is 5.70. The maximum atomic E-state index is 14.4. The van der Waals surface area contributed by atoms with E-state index < -0.39 is 30.0 Å². The monoisotopic (exact) mass is 534 g/mol. The maximum absolute atomic E-state index is 14.4. The number of carbonyl (C=O) groups excluding carboxylic acids is 1. The summed E-state index contributed by atoms with van der Waals surface area (Å²) in [6.45, 7) is 3.08. The maximum Gasteiger partial charge on any atom is 0.490 e. The number of nitrogens with zero attached hydrogens (tertiary/aromatic N) is 4. The van der Waals surface area contributed by atoms with E-state index in [-0.39, 0.29) is 11.6 Å². The van der Waals surface area contributed by atoms with Crippen molar-refractivity contribution in [2.45, 2.75) is 31.5 Å². The summed E-state index contributed by atoms with van der Waals surface area (Å²) in [4.78, 5) is 34.9. The van der Waals surface area contributed by atoms with Crippen molar-refractivity contribution in [3.05, 3.63) is 65.6 Å². The predicted octanol–water partition coefficient (Wildman–Crippen LogP) is 3.05. The fraction of sp³-hybridized carbons (Fsp3) is 0.292. The summed E-state index contributed by atoms with van der Waals surface area (Å²) in [6, 6.07) is 4.76. The van der Waals surface area contributed by atoms with Gasteiger partial charge in [-0.05, 0) is 31.5 Å². The third-order valence-electron chi connectivity index (χ3n) is 5.88. The van der Waals surface area contributed by atoms with Gasteiger partial charge in [0.25, 0.3) is 5.91 Å². The molecule has 1 saturated heterocycles. The molecule has 4 N–H and O–H groups in total. The molecule has 0 bridgehead atoms. The van der Waals surface area contributed by atoms with Crippen LogP contribution >= 0.6 is 0 Å². The van der Waals surface area contributed by atoms with Crippen LogP contribution in [0.4, 0.5) is 23.2 Å². The van der Waals surface area contributed by atoms with Gasteiger partial charge in [-0.2, -0.15) is 13.2 Å². The second kappa shape index (κ2) is 10.7. The lowest BCUT2D eigenvalue weighted by Crippen LogP contribution is -2.39. The van der Waals surface area contributed by atoms with Gasteiger partial charge in [-0.1, -0.05) is 6.07 Å². The van der Waals surface area contributed by atoms with Crippen LogP contribution < -0.4 is 10.6 Å². The van der Waals surface area contributed by atoms with Crippen molar-refractivity contribution in [3.8, 4) is 0 Å². The minimum absolute atomic E-state index is 0.0847. The molecule has 4 heterocycles. The van der Waals surface area contributed by atoms with Crippen LogP contribution in [0.3, 0.4) is 0 Å². The van der Waals surface area contributed by atoms with Gasteiger partial charge in [-0.25, -0.2) is 14.2 Å². The summed E-state index contributed by atoms with van der Waals surface area (Å²) in [5.74, 6) is -3.78. The second-order valence-corrected chi connectivity index (χ2v) is 8.57. The van der Waals surface area contributed by atoms with E-state index in [1.165, 1.54) is 12.3 Å². The fourth-order valence-corrected chi connectivity index (χ4v) is 4.21. The Morgan fingerprint density at radius 3 is 2.50 bits per heavy atom. The number of aromatic nitrogens is 4. The second-order valence-electron chi connectivity index (χ2n) is 8.57. The number of hydrogen-bond donors (Lipinski definition) is 4. The number of carbonyl (C=O) groups is 2. The molecule has 1 amide bonds. The van der Waals surface area contributed by atoms with Gasteiger partial charge >= 0.3 is 12.1 Å². The molecule has 10 nitrogen and oxygen atoms in total. The normalized spacial score (nSPS) is 17.6. The van der Waals surface area contributed by atoms with Crippen LogP contribution in [0.25, 0.3) is 16.7 Å². The van der Waals surface area contributed by atoms with E-state index in [1.807, 2.05) is 6.07 Å². The fourth-order valence-electron chi connectivity index (χ4n) is 4.21. The number of aliphatic hydroxyl groups is 1. The highest BCUT2D eigenvalue weighted by Gasteiger charge is 2.38. The first-order valence-corrected chi connectivity index (χ1v) is 11.3. The number of benzene rings is 1. The highest BCUT2D eigenvalue weighted by atomic mass is 19.4. The summed E-state index contributed by atoms with van der Waals surface area (Å²) in [6.07, 6.45) is 1.56. The Bertz CT molecular complexity index is 1510. The minimum atomic E-state index is -5.08. The number of halogens is 4. The van der Waals surface area contributed by atoms with Gasteiger partial charge in [0, 0.05) is 43.3 Å². The van der Waals surface area contributed by atoms with E-state index >= 15 is 0 Å². The van der Waals surface area contributed by atoms with E-state index in [4.69, 9.17) is 9.90 Å². The number of carboxylic acid groups (broad SMARTS) is 1. The molecule has 200 valence electrons. The smallest absolute Gasteiger partial charge is 0.475 e. The summed E-state index contributed by atoms with van der Waals surface area (Å²) in [5.41, 5.74) is 3.43. The molecule has 38 heavy (non-hydrogen) atoms. The zero-order valence-corrected chi connectivity index (χ0v) is 19.8. The standard InChI is InChI=1S/C22H21FN6O2.C2HF3O2/c1-12-10-29-11-13(8-17(23)21(29)27-12)28-22(31)16-3-2-15(14-4-5-24-9-18(14)30)19-20(16)26-7-6-25-19;3-2(4,5)1(6)7/h2-3,6-8,10-11,14,18,24,30H,4-5,9H2,1H3,(H,28,31);(H,6,7)/t14-,18-;/m1./s1. The van der Waals surface area contributed by atoms with Gasteiger partial charge in [-0.15, -0.1) is 0 Å². The van der Waals surface area contributed by atoms with Crippen molar-refractivity contribution >= 4 is 34.2 Å². The number of imidazole rings is 1. The SMILES string of the molecule is Cc1cn2cc(NC(=O)c3ccc([C@H]4CCNC[C@H]4O)c4nccnc34)cc(F)c2n1.O=C(O)C(F)(F)F. The number of aliphatic carboxylic acids is 1. The van der Waals surface area contributed by atoms with Crippen LogP contribution in [0.2, 0.25) is 0 Å². The van der Waals surface area contributed by atoms with Gasteiger partial charge < -0.3 is 25.2 Å². The Kier molecular flexibility index (Phi) is 7.55. The number of aliphatic hydroxyl groups excluding tert-OH is 1. The molecule has 0 aliphatic carbocycles. The number of carboxylic acids is 1. The number of pyridine rings is 1. The lowest BCUT2D eigenvalue weighted by molar-refractivity contribution is -0.192. The number of nitrogens with one attached hydrogen (secondary N) is 2. The average Bonchev–Trinajstić information content (AvgIpc) is 3.24. The average molecular weight is 534 g/mol. The molecule has 0 radical (unpaired) electrons. The summed E-state index contributed by atoms with van der Waals surface area (Å²) >= 11 is 0. The van der Waals surface area contributed by atoms with Crippen molar-refractivity contribution in [3.63, 3.8) is 0 Å². The molecule has 1 aliphatic heterocycles. The molecular formula is C24H22F4N6O4. The number of rotatable bonds is 3. The highest BCUT2D eigenvalue weighted by molar-refractivity contribution is 6.11. The molecule has 2 atom stereocenters. The van der Waals surface area contributed by atoms with Crippen molar-refractivity contribution in [1.29, 1.82) is 0 Å². The van der Waals surface area contributed by atoms with Crippen molar-refractivity contribution < 1.29 is 37.4 Å².